The standard InChI is InChI=1S/C17H27N3O3S/c21-15(20-8-10-23-11-9-20)12-14-16(22)19-17(24-14)18-13-6-4-2-1-3-5-7-13/h13-14H,1-12H2,(H,18,19,22). The summed E-state index contributed by atoms with van der Waals surface area (Å²) >= 11 is 1.43. The molecule has 6 nitrogen and oxygen atoms in total. The van der Waals surface area contributed by atoms with Gasteiger partial charge in [-0.25, -0.2) is 0 Å². The van der Waals surface area contributed by atoms with Crippen LogP contribution in [0.1, 0.15) is 51.4 Å². The fourth-order valence-electron chi connectivity index (χ4n) is 3.45. The molecule has 2 fully saturated rings. The molecule has 7 heteroatoms. The zero-order valence-corrected chi connectivity index (χ0v) is 15.0. The Hall–Kier alpha value is -1.08. The summed E-state index contributed by atoms with van der Waals surface area (Å²) < 4.78 is 5.26. The van der Waals surface area contributed by atoms with Gasteiger partial charge in [0.2, 0.25) is 5.91 Å². The molecule has 0 bridgehead atoms. The number of aliphatic imine (C=N–C) groups is 1. The van der Waals surface area contributed by atoms with E-state index in [0.717, 1.165) is 12.8 Å². The highest BCUT2D eigenvalue weighted by atomic mass is 32.2. The normalized spacial score (nSPS) is 26.7. The summed E-state index contributed by atoms with van der Waals surface area (Å²) in [5, 5.41) is 3.79. The van der Waals surface area contributed by atoms with E-state index in [1.54, 1.807) is 4.90 Å². The molecule has 1 atom stereocenters. The van der Waals surface area contributed by atoms with Crippen molar-refractivity contribution in [2.24, 2.45) is 4.99 Å². The van der Waals surface area contributed by atoms with Gasteiger partial charge >= 0.3 is 0 Å². The van der Waals surface area contributed by atoms with E-state index in [1.807, 2.05) is 0 Å². The summed E-state index contributed by atoms with van der Waals surface area (Å²) in [5.74, 6) is -0.137. The number of hydrogen-bond acceptors (Lipinski definition) is 5. The maximum absolute atomic E-state index is 12.3. The number of amides is 2. The maximum atomic E-state index is 12.3. The van der Waals surface area contributed by atoms with Crippen molar-refractivity contribution in [1.82, 2.24) is 10.2 Å². The summed E-state index contributed by atoms with van der Waals surface area (Å²) in [6.07, 6.45) is 8.94. The number of hydrogen-bond donors (Lipinski definition) is 1. The van der Waals surface area contributed by atoms with Gasteiger partial charge < -0.3 is 15.0 Å². The highest BCUT2D eigenvalue weighted by Crippen LogP contribution is 2.26. The van der Waals surface area contributed by atoms with E-state index in [0.29, 0.717) is 37.5 Å². The average molecular weight is 353 g/mol. The molecular formula is C17H27N3O3S. The molecule has 2 amide bonds. The van der Waals surface area contributed by atoms with Crippen molar-refractivity contribution in [3.8, 4) is 0 Å². The molecule has 134 valence electrons. The Morgan fingerprint density at radius 3 is 2.54 bits per heavy atom. The molecule has 3 rings (SSSR count). The second kappa shape index (κ2) is 8.85. The van der Waals surface area contributed by atoms with Crippen molar-refractivity contribution >= 4 is 28.7 Å². The van der Waals surface area contributed by atoms with Crippen LogP contribution in [0.15, 0.2) is 4.99 Å². The fraction of sp³-hybridized carbons (Fsp3) is 0.824. The Balaban J connectivity index is 1.47. The van der Waals surface area contributed by atoms with E-state index in [4.69, 9.17) is 4.74 Å². The molecular weight excluding hydrogens is 326 g/mol. The number of carbonyl (C=O) groups is 2. The predicted molar refractivity (Wildman–Crippen MR) is 95.1 cm³/mol. The van der Waals surface area contributed by atoms with E-state index in [-0.39, 0.29) is 23.5 Å². The molecule has 1 N–H and O–H groups in total. The number of carbonyl (C=O) groups excluding carboxylic acids is 2. The van der Waals surface area contributed by atoms with E-state index < -0.39 is 0 Å². The van der Waals surface area contributed by atoms with Crippen LogP contribution in [0.3, 0.4) is 0 Å². The highest BCUT2D eigenvalue weighted by molar-refractivity contribution is 8.15. The molecule has 1 aliphatic carbocycles. The van der Waals surface area contributed by atoms with Crippen LogP contribution in [0, 0.1) is 0 Å². The lowest BCUT2D eigenvalue weighted by Crippen LogP contribution is -2.42. The predicted octanol–water partition coefficient (Wildman–Crippen LogP) is 1.94. The van der Waals surface area contributed by atoms with Gasteiger partial charge in [0.25, 0.3) is 5.91 Å². The van der Waals surface area contributed by atoms with Crippen molar-refractivity contribution in [2.75, 3.05) is 26.3 Å². The largest absolute Gasteiger partial charge is 0.378 e. The summed E-state index contributed by atoms with van der Waals surface area (Å²) in [5.41, 5.74) is 0. The molecule has 0 radical (unpaired) electrons. The van der Waals surface area contributed by atoms with E-state index in [1.165, 1.54) is 43.9 Å². The SMILES string of the molecule is O=C1N=C(NC2CCCCCCC2)SC1CC(=O)N1CCOCC1. The Morgan fingerprint density at radius 2 is 1.83 bits per heavy atom. The molecule has 1 unspecified atom stereocenters. The first kappa shape index (κ1) is 17.7. The molecule has 1 saturated carbocycles. The minimum Gasteiger partial charge on any atom is -0.378 e. The van der Waals surface area contributed by atoms with Crippen molar-refractivity contribution in [1.29, 1.82) is 0 Å². The van der Waals surface area contributed by atoms with Crippen LogP contribution in [0.2, 0.25) is 0 Å². The van der Waals surface area contributed by atoms with Gasteiger partial charge in [0.15, 0.2) is 5.17 Å². The summed E-state index contributed by atoms with van der Waals surface area (Å²) in [6, 6.07) is 0.415. The second-order valence-electron chi connectivity index (χ2n) is 6.75. The van der Waals surface area contributed by atoms with Gasteiger partial charge in [0.1, 0.15) is 5.25 Å². The third-order valence-corrected chi connectivity index (χ3v) is 5.98. The molecule has 0 spiro atoms. The minimum atomic E-state index is -0.364. The van der Waals surface area contributed by atoms with Crippen LogP contribution in [0.4, 0.5) is 0 Å². The minimum absolute atomic E-state index is 0.0338. The number of nitrogens with one attached hydrogen (secondary N) is 1. The summed E-state index contributed by atoms with van der Waals surface area (Å²) in [6.45, 7) is 2.42. The van der Waals surface area contributed by atoms with Crippen molar-refractivity contribution < 1.29 is 14.3 Å². The zero-order valence-electron chi connectivity index (χ0n) is 14.2. The van der Waals surface area contributed by atoms with E-state index >= 15 is 0 Å². The number of rotatable bonds is 3. The number of morpholine rings is 1. The molecule has 0 aromatic heterocycles. The highest BCUT2D eigenvalue weighted by Gasteiger charge is 2.33. The third-order valence-electron chi connectivity index (χ3n) is 4.90. The summed E-state index contributed by atoms with van der Waals surface area (Å²) in [7, 11) is 0. The Bertz CT molecular complexity index is 483. The van der Waals surface area contributed by atoms with Crippen molar-refractivity contribution in [2.45, 2.75) is 62.7 Å². The van der Waals surface area contributed by atoms with Gasteiger partial charge in [-0.05, 0) is 12.8 Å². The van der Waals surface area contributed by atoms with Gasteiger partial charge in [-0.2, -0.15) is 4.99 Å². The van der Waals surface area contributed by atoms with E-state index in [2.05, 4.69) is 10.3 Å². The lowest BCUT2D eigenvalue weighted by atomic mass is 9.97. The van der Waals surface area contributed by atoms with Gasteiger partial charge in [0, 0.05) is 25.6 Å². The molecule has 1 saturated heterocycles. The second-order valence-corrected chi connectivity index (χ2v) is 7.94. The van der Waals surface area contributed by atoms with Crippen LogP contribution in [0.25, 0.3) is 0 Å². The third kappa shape index (κ3) is 4.96. The van der Waals surface area contributed by atoms with Gasteiger partial charge in [-0.1, -0.05) is 43.9 Å². The molecule has 0 aromatic carbocycles. The molecule has 24 heavy (non-hydrogen) atoms. The number of thioether (sulfide) groups is 1. The van der Waals surface area contributed by atoms with Gasteiger partial charge in [0.05, 0.1) is 13.2 Å². The maximum Gasteiger partial charge on any atom is 0.262 e. The molecule has 2 aliphatic heterocycles. The number of amidine groups is 1. The Kier molecular flexibility index (Phi) is 6.54. The monoisotopic (exact) mass is 353 g/mol. The Morgan fingerprint density at radius 1 is 1.17 bits per heavy atom. The van der Waals surface area contributed by atoms with Crippen LogP contribution >= 0.6 is 11.8 Å². The first-order chi connectivity index (χ1) is 11.7. The van der Waals surface area contributed by atoms with Crippen LogP contribution in [0.5, 0.6) is 0 Å². The lowest BCUT2D eigenvalue weighted by molar-refractivity contribution is -0.136. The van der Waals surface area contributed by atoms with Crippen molar-refractivity contribution in [3.63, 3.8) is 0 Å². The molecule has 3 aliphatic rings. The van der Waals surface area contributed by atoms with Crippen LogP contribution in [-0.4, -0.2) is 59.5 Å². The van der Waals surface area contributed by atoms with Gasteiger partial charge in [-0.15, -0.1) is 0 Å². The number of ether oxygens (including phenoxy) is 1. The number of nitrogens with zero attached hydrogens (tertiary/aromatic N) is 2. The van der Waals surface area contributed by atoms with Gasteiger partial charge in [-0.3, -0.25) is 9.59 Å². The van der Waals surface area contributed by atoms with Crippen LogP contribution < -0.4 is 5.32 Å². The quantitative estimate of drug-likeness (QED) is 0.839. The average Bonchev–Trinajstić information content (AvgIpc) is 2.90. The Labute approximate surface area is 147 Å². The van der Waals surface area contributed by atoms with Crippen molar-refractivity contribution in [3.05, 3.63) is 0 Å². The van der Waals surface area contributed by atoms with E-state index in [9.17, 15) is 9.59 Å². The smallest absolute Gasteiger partial charge is 0.262 e. The fourth-order valence-corrected chi connectivity index (χ4v) is 4.48. The first-order valence-electron chi connectivity index (χ1n) is 9.13. The zero-order chi connectivity index (χ0) is 16.8. The first-order valence-corrected chi connectivity index (χ1v) is 10.0. The van der Waals surface area contributed by atoms with Crippen LogP contribution in [-0.2, 0) is 14.3 Å². The lowest BCUT2D eigenvalue weighted by Gasteiger charge is -2.27. The molecule has 2 heterocycles. The topological polar surface area (TPSA) is 71.0 Å². The molecule has 0 aromatic rings. The summed E-state index contributed by atoms with van der Waals surface area (Å²) in [4.78, 5) is 30.4.